The van der Waals surface area contributed by atoms with Crippen LogP contribution in [0.3, 0.4) is 0 Å². The molecule has 0 heterocycles. The molecule has 0 amide bonds. The summed E-state index contributed by atoms with van der Waals surface area (Å²) >= 11 is 6.23. The van der Waals surface area contributed by atoms with Gasteiger partial charge in [0.05, 0.1) is 17.5 Å². The molecule has 0 aliphatic heterocycles. The van der Waals surface area contributed by atoms with Crippen molar-refractivity contribution in [3.8, 4) is 11.5 Å². The highest BCUT2D eigenvalue weighted by atomic mass is 35.5. The molecule has 18 heavy (non-hydrogen) atoms. The maximum atomic E-state index is 11.4. The Balaban J connectivity index is 2.69. The van der Waals surface area contributed by atoms with E-state index in [9.17, 15) is 15.0 Å². The van der Waals surface area contributed by atoms with E-state index in [1.165, 1.54) is 7.11 Å². The van der Waals surface area contributed by atoms with E-state index < -0.39 is 11.4 Å². The number of aryl methyl sites for hydroxylation is 1. The van der Waals surface area contributed by atoms with Crippen molar-refractivity contribution >= 4 is 17.6 Å². The fraction of sp³-hybridized carbons (Fsp3) is 0.462. The quantitative estimate of drug-likeness (QED) is 0.883. The van der Waals surface area contributed by atoms with Gasteiger partial charge in [-0.25, -0.2) is 0 Å². The Morgan fingerprint density at radius 2 is 2.17 bits per heavy atom. The van der Waals surface area contributed by atoms with Crippen molar-refractivity contribution in [1.82, 2.24) is 0 Å². The molecule has 1 aromatic carbocycles. The zero-order chi connectivity index (χ0) is 13.5. The minimum Gasteiger partial charge on any atom is -0.504 e. The third-order valence-corrected chi connectivity index (χ3v) is 3.95. The van der Waals surface area contributed by atoms with Crippen molar-refractivity contribution in [1.29, 1.82) is 0 Å². The normalized spacial score (nSPS) is 16.4. The van der Waals surface area contributed by atoms with Crippen molar-refractivity contribution in [3.05, 3.63) is 22.2 Å². The van der Waals surface area contributed by atoms with E-state index in [0.29, 0.717) is 29.8 Å². The third kappa shape index (κ3) is 1.72. The number of rotatable bonds is 4. The van der Waals surface area contributed by atoms with E-state index in [-0.39, 0.29) is 11.5 Å². The number of hydrogen-bond donors (Lipinski definition) is 2. The molecule has 98 valence electrons. The Kier molecular flexibility index (Phi) is 3.15. The van der Waals surface area contributed by atoms with Crippen LogP contribution < -0.4 is 4.74 Å². The van der Waals surface area contributed by atoms with Gasteiger partial charge in [-0.1, -0.05) is 18.5 Å². The van der Waals surface area contributed by atoms with E-state index in [4.69, 9.17) is 16.3 Å². The average Bonchev–Trinajstić information content (AvgIpc) is 3.11. The molecule has 2 N–H and O–H groups in total. The molecule has 1 fully saturated rings. The van der Waals surface area contributed by atoms with Gasteiger partial charge in [0, 0.05) is 5.56 Å². The molecule has 1 aliphatic carbocycles. The molecule has 0 atom stereocenters. The average molecular weight is 271 g/mol. The first-order valence-corrected chi connectivity index (χ1v) is 6.18. The van der Waals surface area contributed by atoms with Gasteiger partial charge < -0.3 is 14.9 Å². The lowest BCUT2D eigenvalue weighted by Crippen LogP contribution is -2.20. The number of halogens is 1. The first kappa shape index (κ1) is 13.0. The largest absolute Gasteiger partial charge is 0.504 e. The maximum Gasteiger partial charge on any atom is 0.314 e. The molecule has 4 nitrogen and oxygen atoms in total. The van der Waals surface area contributed by atoms with Crippen molar-refractivity contribution in [2.45, 2.75) is 31.6 Å². The molecule has 1 aliphatic rings. The number of carboxylic acid groups (broad SMARTS) is 1. The molecule has 1 saturated carbocycles. The summed E-state index contributed by atoms with van der Waals surface area (Å²) in [7, 11) is 1.44. The van der Waals surface area contributed by atoms with Gasteiger partial charge in [0.25, 0.3) is 0 Å². The standard InChI is InChI=1S/C13H15ClO4/c1-3-7-6-8(18-2)11(15)9(10(7)14)13(4-5-13)12(16)17/h6,15H,3-5H2,1-2H3,(H,16,17). The molecule has 0 spiro atoms. The van der Waals surface area contributed by atoms with Crippen LogP contribution >= 0.6 is 11.6 Å². The zero-order valence-electron chi connectivity index (χ0n) is 10.3. The predicted molar refractivity (Wildman–Crippen MR) is 67.6 cm³/mol. The van der Waals surface area contributed by atoms with Gasteiger partial charge >= 0.3 is 5.97 Å². The van der Waals surface area contributed by atoms with Crippen LogP contribution in [0.5, 0.6) is 11.5 Å². The summed E-state index contributed by atoms with van der Waals surface area (Å²) in [5.41, 5.74) is 0.0429. The van der Waals surface area contributed by atoms with Crippen LogP contribution in [0.4, 0.5) is 0 Å². The van der Waals surface area contributed by atoms with Gasteiger partial charge in [0.15, 0.2) is 11.5 Å². The summed E-state index contributed by atoms with van der Waals surface area (Å²) in [6, 6.07) is 1.65. The van der Waals surface area contributed by atoms with Gasteiger partial charge in [-0.2, -0.15) is 0 Å². The van der Waals surface area contributed by atoms with Crippen molar-refractivity contribution in [3.63, 3.8) is 0 Å². The topological polar surface area (TPSA) is 66.8 Å². The molecule has 1 aromatic rings. The summed E-state index contributed by atoms with van der Waals surface area (Å²) in [6.45, 7) is 1.92. The molecular weight excluding hydrogens is 256 g/mol. The monoisotopic (exact) mass is 270 g/mol. The highest BCUT2D eigenvalue weighted by Crippen LogP contribution is 2.56. The van der Waals surface area contributed by atoms with Crippen molar-refractivity contribution in [2.75, 3.05) is 7.11 Å². The molecule has 0 saturated heterocycles. The number of carbonyl (C=O) groups is 1. The Morgan fingerprint density at radius 1 is 1.56 bits per heavy atom. The second-order valence-electron chi connectivity index (χ2n) is 4.52. The van der Waals surface area contributed by atoms with Crippen LogP contribution in [-0.4, -0.2) is 23.3 Å². The lowest BCUT2D eigenvalue weighted by Gasteiger charge is -2.19. The lowest BCUT2D eigenvalue weighted by molar-refractivity contribution is -0.140. The lowest BCUT2D eigenvalue weighted by atomic mass is 9.92. The second kappa shape index (κ2) is 4.35. The summed E-state index contributed by atoms with van der Waals surface area (Å²) < 4.78 is 5.08. The number of methoxy groups -OCH3 is 1. The molecule has 0 bridgehead atoms. The number of benzene rings is 1. The molecule has 0 aromatic heterocycles. The van der Waals surface area contributed by atoms with Gasteiger partial charge in [0.2, 0.25) is 0 Å². The van der Waals surface area contributed by atoms with Crippen LogP contribution in [0.2, 0.25) is 5.02 Å². The summed E-state index contributed by atoms with van der Waals surface area (Å²) in [5.74, 6) is -0.826. The van der Waals surface area contributed by atoms with E-state index in [1.807, 2.05) is 6.92 Å². The molecule has 0 radical (unpaired) electrons. The number of ether oxygens (including phenoxy) is 1. The van der Waals surface area contributed by atoms with Crippen LogP contribution in [0.15, 0.2) is 6.07 Å². The van der Waals surface area contributed by atoms with Crippen LogP contribution in [0.25, 0.3) is 0 Å². The minimum atomic E-state index is -1.04. The number of aromatic hydroxyl groups is 1. The predicted octanol–water partition coefficient (Wildman–Crippen LogP) is 2.73. The van der Waals surface area contributed by atoms with E-state index in [2.05, 4.69) is 0 Å². The Morgan fingerprint density at radius 3 is 2.56 bits per heavy atom. The SMILES string of the molecule is CCc1cc(OC)c(O)c(C2(C(=O)O)CC2)c1Cl. The van der Waals surface area contributed by atoms with Gasteiger partial charge in [-0.05, 0) is 30.9 Å². The summed E-state index contributed by atoms with van der Waals surface area (Å²) in [4.78, 5) is 11.4. The van der Waals surface area contributed by atoms with E-state index in [1.54, 1.807) is 6.07 Å². The zero-order valence-corrected chi connectivity index (χ0v) is 11.0. The summed E-state index contributed by atoms with van der Waals surface area (Å²) in [5, 5.41) is 19.8. The first-order chi connectivity index (χ1) is 8.47. The van der Waals surface area contributed by atoms with Crippen LogP contribution in [0.1, 0.15) is 30.9 Å². The van der Waals surface area contributed by atoms with Crippen molar-refractivity contribution < 1.29 is 19.7 Å². The van der Waals surface area contributed by atoms with Gasteiger partial charge in [0.1, 0.15) is 0 Å². The van der Waals surface area contributed by atoms with Crippen LogP contribution in [0, 0.1) is 0 Å². The summed E-state index contributed by atoms with van der Waals surface area (Å²) in [6.07, 6.45) is 1.63. The first-order valence-electron chi connectivity index (χ1n) is 5.80. The molecule has 2 rings (SSSR count). The highest BCUT2D eigenvalue weighted by molar-refractivity contribution is 6.33. The second-order valence-corrected chi connectivity index (χ2v) is 4.89. The number of phenolic OH excluding ortho intramolecular Hbond substituents is 1. The number of phenols is 1. The maximum absolute atomic E-state index is 11.4. The Hall–Kier alpha value is -1.42. The van der Waals surface area contributed by atoms with Gasteiger partial charge in [-0.3, -0.25) is 4.79 Å². The van der Waals surface area contributed by atoms with Crippen LogP contribution in [-0.2, 0) is 16.6 Å². The number of aliphatic carboxylic acids is 1. The highest BCUT2D eigenvalue weighted by Gasteiger charge is 2.55. The fourth-order valence-corrected chi connectivity index (χ4v) is 2.68. The number of carboxylic acids is 1. The Labute approximate surface area is 110 Å². The fourth-order valence-electron chi connectivity index (χ4n) is 2.22. The number of hydrogen-bond acceptors (Lipinski definition) is 3. The molecular formula is C13H15ClO4. The van der Waals surface area contributed by atoms with Gasteiger partial charge in [-0.15, -0.1) is 0 Å². The molecule has 0 unspecified atom stereocenters. The Bertz CT molecular complexity index is 478. The van der Waals surface area contributed by atoms with Crippen molar-refractivity contribution in [2.24, 2.45) is 0 Å². The smallest absolute Gasteiger partial charge is 0.314 e. The van der Waals surface area contributed by atoms with E-state index >= 15 is 0 Å². The molecule has 5 heteroatoms. The van der Waals surface area contributed by atoms with E-state index in [0.717, 1.165) is 5.56 Å². The third-order valence-electron chi connectivity index (χ3n) is 3.52. The minimum absolute atomic E-state index is 0.153.